The number of esters is 1. The number of carboxylic acid groups (broad SMARTS) is 1. The van der Waals surface area contributed by atoms with E-state index >= 15 is 0 Å². The van der Waals surface area contributed by atoms with Crippen molar-refractivity contribution in [2.75, 3.05) is 33.0 Å². The third-order valence-corrected chi connectivity index (χ3v) is 7.32. The lowest BCUT2D eigenvalue weighted by molar-refractivity contribution is -0.0936. The van der Waals surface area contributed by atoms with Crippen LogP contribution in [0, 0.1) is 7.14 Å². The fourth-order valence-corrected chi connectivity index (χ4v) is 4.78. The quantitative estimate of drug-likeness (QED) is 0.143. The normalized spacial score (nSPS) is 14.0. The Hall–Kier alpha value is -3.03. The van der Waals surface area contributed by atoms with Crippen LogP contribution in [0.2, 0.25) is 5.15 Å². The van der Waals surface area contributed by atoms with Crippen molar-refractivity contribution in [2.24, 2.45) is 0 Å². The first kappa shape index (κ1) is 34.8. The molecule has 0 radical (unpaired) electrons. The highest BCUT2D eigenvalue weighted by atomic mass is 127. The minimum Gasteiger partial charge on any atom is -0.477 e. The predicted molar refractivity (Wildman–Crippen MR) is 180 cm³/mol. The van der Waals surface area contributed by atoms with Crippen molar-refractivity contribution in [1.82, 2.24) is 19.9 Å². The van der Waals surface area contributed by atoms with Gasteiger partial charge in [0.1, 0.15) is 17.4 Å². The maximum absolute atomic E-state index is 11.7. The van der Waals surface area contributed by atoms with Gasteiger partial charge < -0.3 is 29.2 Å². The lowest BCUT2D eigenvalue weighted by Crippen LogP contribution is -2.38. The van der Waals surface area contributed by atoms with E-state index < -0.39 is 11.9 Å². The van der Waals surface area contributed by atoms with Gasteiger partial charge in [0, 0.05) is 30.4 Å². The van der Waals surface area contributed by atoms with Gasteiger partial charge in [-0.25, -0.2) is 24.5 Å². The molecule has 0 unspecified atom stereocenters. The molecule has 0 saturated carbocycles. The fraction of sp³-hybridized carbons (Fsp3) is 0.267. The first-order valence-corrected chi connectivity index (χ1v) is 16.0. The summed E-state index contributed by atoms with van der Waals surface area (Å²) in [7, 11) is 0. The van der Waals surface area contributed by atoms with Crippen LogP contribution in [0.15, 0.2) is 60.7 Å². The van der Waals surface area contributed by atoms with E-state index in [0.717, 1.165) is 18.3 Å². The standard InChI is InChI=1S/C14H11IN2O4.C13H10ClIN2O2.C3H6O2/c15-9-3-1-2-8(4-9)13-16-11(14(18)19)5-12(17-13)21-10-6-20-7-10;1-2-19-13(18)10-7-11(14)17-12(16-10)8-4-3-5-9(15)6-8;4-3-1-5-2-3/h1-5,10H,6-7H2,(H,18,19);3-7H,2H2,1H3;3-4H,1-2H2. The molecule has 15 heteroatoms. The second-order valence-electron chi connectivity index (χ2n) is 9.33. The Morgan fingerprint density at radius 1 is 0.867 bits per heavy atom. The van der Waals surface area contributed by atoms with Gasteiger partial charge in [0.05, 0.1) is 33.0 Å². The number of benzene rings is 2. The van der Waals surface area contributed by atoms with Crippen LogP contribution >= 0.6 is 56.8 Å². The molecule has 0 amide bonds. The van der Waals surface area contributed by atoms with Crippen molar-refractivity contribution in [1.29, 1.82) is 0 Å². The molecule has 0 atom stereocenters. The molecule has 2 aromatic heterocycles. The first-order chi connectivity index (χ1) is 21.6. The summed E-state index contributed by atoms with van der Waals surface area (Å²) in [5.74, 6) is -0.611. The molecule has 2 N–H and O–H groups in total. The summed E-state index contributed by atoms with van der Waals surface area (Å²) in [6.07, 6.45) is -0.236. The van der Waals surface area contributed by atoms with E-state index in [9.17, 15) is 9.59 Å². The molecule has 2 aliphatic heterocycles. The monoisotopic (exact) mass is 860 g/mol. The van der Waals surface area contributed by atoms with E-state index in [4.69, 9.17) is 36.0 Å². The zero-order valence-corrected chi connectivity index (χ0v) is 28.8. The molecule has 2 aromatic carbocycles. The Morgan fingerprint density at radius 3 is 1.89 bits per heavy atom. The molecule has 0 aliphatic carbocycles. The average Bonchev–Trinajstić information content (AvgIpc) is 2.98. The van der Waals surface area contributed by atoms with Gasteiger partial charge in [0.15, 0.2) is 23.0 Å². The number of aliphatic hydroxyl groups is 1. The summed E-state index contributed by atoms with van der Waals surface area (Å²) in [6.45, 7) is 4.09. The van der Waals surface area contributed by atoms with Crippen LogP contribution in [-0.4, -0.2) is 87.3 Å². The lowest BCUT2D eigenvalue weighted by Gasteiger charge is -2.26. The maximum Gasteiger partial charge on any atom is 0.357 e. The zero-order chi connectivity index (χ0) is 32.3. The highest BCUT2D eigenvalue weighted by Crippen LogP contribution is 2.23. The maximum atomic E-state index is 11.7. The Morgan fingerprint density at radius 2 is 1.42 bits per heavy atom. The summed E-state index contributed by atoms with van der Waals surface area (Å²) >= 11 is 10.3. The largest absolute Gasteiger partial charge is 0.477 e. The predicted octanol–water partition coefficient (Wildman–Crippen LogP) is 5.18. The zero-order valence-electron chi connectivity index (χ0n) is 23.7. The molecule has 236 valence electrons. The Bertz CT molecular complexity index is 1640. The number of carboxylic acids is 1. The van der Waals surface area contributed by atoms with Crippen molar-refractivity contribution in [3.8, 4) is 28.7 Å². The number of carbonyl (C=O) groups is 2. The van der Waals surface area contributed by atoms with Crippen LogP contribution in [0.5, 0.6) is 5.88 Å². The Kier molecular flexibility index (Phi) is 13.2. The number of nitrogens with zero attached hydrogens (tertiary/aromatic N) is 4. The van der Waals surface area contributed by atoms with Crippen LogP contribution in [0.3, 0.4) is 0 Å². The van der Waals surface area contributed by atoms with Gasteiger partial charge in [-0.1, -0.05) is 35.9 Å². The minimum absolute atomic E-state index is 0.0784. The first-order valence-electron chi connectivity index (χ1n) is 13.5. The number of carbonyl (C=O) groups excluding carboxylic acids is 1. The number of aromatic carboxylic acids is 1. The fourth-order valence-electron chi connectivity index (χ4n) is 3.51. The molecular weight excluding hydrogens is 834 g/mol. The third kappa shape index (κ3) is 10.8. The minimum atomic E-state index is -1.11. The number of rotatable bonds is 7. The molecular formula is C30H27ClI2N4O8. The van der Waals surface area contributed by atoms with E-state index in [1.54, 1.807) is 6.92 Å². The molecule has 2 aliphatic rings. The van der Waals surface area contributed by atoms with Crippen molar-refractivity contribution in [3.05, 3.63) is 84.3 Å². The van der Waals surface area contributed by atoms with E-state index in [2.05, 4.69) is 69.9 Å². The molecule has 45 heavy (non-hydrogen) atoms. The van der Waals surface area contributed by atoms with Gasteiger partial charge in [0.25, 0.3) is 0 Å². The number of aromatic nitrogens is 4. The van der Waals surface area contributed by atoms with Crippen molar-refractivity contribution < 1.29 is 38.7 Å². The highest BCUT2D eigenvalue weighted by molar-refractivity contribution is 14.1. The highest BCUT2D eigenvalue weighted by Gasteiger charge is 2.22. The topological polar surface area (TPSA) is 163 Å². The number of ether oxygens (including phenoxy) is 4. The SMILES string of the molecule is CCOC(=O)c1cc(Cl)nc(-c2cccc(I)c2)n1.O=C(O)c1cc(OC2COC2)nc(-c2cccc(I)c2)n1.OC1COC1. The van der Waals surface area contributed by atoms with Gasteiger partial charge in [-0.05, 0) is 76.4 Å². The molecule has 4 aromatic rings. The van der Waals surface area contributed by atoms with Crippen LogP contribution in [-0.2, 0) is 14.2 Å². The molecule has 12 nitrogen and oxygen atoms in total. The summed E-state index contributed by atoms with van der Waals surface area (Å²) < 4.78 is 22.2. The van der Waals surface area contributed by atoms with Crippen molar-refractivity contribution >= 4 is 68.7 Å². The second kappa shape index (κ2) is 17.0. The Balaban J connectivity index is 0.000000178. The van der Waals surface area contributed by atoms with Crippen LogP contribution in [0.1, 0.15) is 27.9 Å². The number of halogens is 3. The van der Waals surface area contributed by atoms with Gasteiger partial charge >= 0.3 is 11.9 Å². The molecule has 0 bridgehead atoms. The number of hydrogen-bond donors (Lipinski definition) is 2. The smallest absolute Gasteiger partial charge is 0.357 e. The molecule has 2 saturated heterocycles. The molecule has 6 rings (SSSR count). The van der Waals surface area contributed by atoms with E-state index in [0.29, 0.717) is 44.7 Å². The van der Waals surface area contributed by atoms with E-state index in [1.807, 2.05) is 48.5 Å². The van der Waals surface area contributed by atoms with Gasteiger partial charge in [-0.3, -0.25) is 0 Å². The second-order valence-corrected chi connectivity index (χ2v) is 12.2. The molecule has 2 fully saturated rings. The summed E-state index contributed by atoms with van der Waals surface area (Å²) in [4.78, 5) is 39.6. The Labute approximate surface area is 290 Å². The van der Waals surface area contributed by atoms with E-state index in [1.165, 1.54) is 12.1 Å². The van der Waals surface area contributed by atoms with Gasteiger partial charge in [-0.15, -0.1) is 0 Å². The van der Waals surface area contributed by atoms with E-state index in [-0.39, 0.29) is 34.6 Å². The third-order valence-electron chi connectivity index (χ3n) is 5.78. The van der Waals surface area contributed by atoms with Crippen molar-refractivity contribution in [3.63, 3.8) is 0 Å². The van der Waals surface area contributed by atoms with Crippen LogP contribution in [0.25, 0.3) is 22.8 Å². The van der Waals surface area contributed by atoms with Crippen LogP contribution in [0.4, 0.5) is 0 Å². The molecule has 0 spiro atoms. The molecule has 4 heterocycles. The summed E-state index contributed by atoms with van der Waals surface area (Å²) in [6, 6.07) is 17.9. The van der Waals surface area contributed by atoms with Gasteiger partial charge in [0.2, 0.25) is 5.88 Å². The summed E-state index contributed by atoms with van der Waals surface area (Å²) in [5.41, 5.74) is 1.63. The van der Waals surface area contributed by atoms with Crippen LogP contribution < -0.4 is 4.74 Å². The van der Waals surface area contributed by atoms with Gasteiger partial charge in [-0.2, -0.15) is 4.98 Å². The summed E-state index contributed by atoms with van der Waals surface area (Å²) in [5, 5.41) is 17.7. The van der Waals surface area contributed by atoms with Crippen molar-refractivity contribution in [2.45, 2.75) is 19.1 Å². The average molecular weight is 861 g/mol. The number of hydrogen-bond acceptors (Lipinski definition) is 11. The number of aliphatic hydroxyl groups excluding tert-OH is 1. The lowest BCUT2D eigenvalue weighted by atomic mass is 10.2.